The molecule has 1 aliphatic heterocycles. The normalized spacial score (nSPS) is 16.5. The minimum atomic E-state index is -4.48. The van der Waals surface area contributed by atoms with E-state index in [9.17, 15) is 22.2 Å². The Labute approximate surface area is 205 Å². The van der Waals surface area contributed by atoms with Crippen LogP contribution in [0.1, 0.15) is 60.3 Å². The number of aryl methyl sites for hydroxylation is 2. The number of H-pyrrole nitrogens is 1. The van der Waals surface area contributed by atoms with Gasteiger partial charge in [0.25, 0.3) is 5.91 Å². The van der Waals surface area contributed by atoms with Crippen molar-refractivity contribution in [3.63, 3.8) is 0 Å². The Morgan fingerprint density at radius 2 is 1.89 bits per heavy atom. The molecule has 35 heavy (non-hydrogen) atoms. The van der Waals surface area contributed by atoms with Gasteiger partial charge < -0.3 is 10.3 Å². The summed E-state index contributed by atoms with van der Waals surface area (Å²) in [6.07, 6.45) is -0.421. The molecule has 1 amide bonds. The van der Waals surface area contributed by atoms with Gasteiger partial charge in [-0.15, -0.1) is 0 Å². The van der Waals surface area contributed by atoms with Gasteiger partial charge in [-0.05, 0) is 67.6 Å². The number of aromatic nitrogens is 1. The predicted molar refractivity (Wildman–Crippen MR) is 132 cm³/mol. The van der Waals surface area contributed by atoms with Crippen LogP contribution in [0.15, 0.2) is 47.4 Å². The second-order valence-corrected chi connectivity index (χ2v) is 10.4. The summed E-state index contributed by atoms with van der Waals surface area (Å²) >= 11 is 0. The van der Waals surface area contributed by atoms with Gasteiger partial charge in [-0.1, -0.05) is 26.3 Å². The highest BCUT2D eigenvalue weighted by Crippen LogP contribution is 2.31. The van der Waals surface area contributed by atoms with Crippen LogP contribution >= 0.6 is 0 Å². The number of piperidine rings is 1. The van der Waals surface area contributed by atoms with Gasteiger partial charge in [-0.3, -0.25) is 4.79 Å². The van der Waals surface area contributed by atoms with E-state index in [0.717, 1.165) is 42.3 Å². The van der Waals surface area contributed by atoms with Crippen molar-refractivity contribution >= 4 is 27.8 Å². The number of benzene rings is 2. The van der Waals surface area contributed by atoms with Crippen LogP contribution in [0.3, 0.4) is 0 Å². The first-order chi connectivity index (χ1) is 16.7. The smallest absolute Gasteiger partial charge is 0.358 e. The van der Waals surface area contributed by atoms with E-state index in [-0.39, 0.29) is 16.8 Å². The van der Waals surface area contributed by atoms with E-state index < -0.39 is 22.7 Å². The van der Waals surface area contributed by atoms with Crippen molar-refractivity contribution in [3.8, 4) is 0 Å². The van der Waals surface area contributed by atoms with Gasteiger partial charge in [-0.25, -0.2) is 8.51 Å². The average molecular weight is 506 g/mol. The molecule has 1 aliphatic rings. The topological polar surface area (TPSA) is 65.2 Å². The van der Waals surface area contributed by atoms with Crippen molar-refractivity contribution in [1.82, 2.24) is 14.6 Å². The number of hydrogen-bond donors (Lipinski definition) is 2. The lowest BCUT2D eigenvalue weighted by Crippen LogP contribution is -2.45. The lowest BCUT2D eigenvalue weighted by atomic mass is 10.0. The summed E-state index contributed by atoms with van der Waals surface area (Å²) in [4.78, 5) is 16.6. The fourth-order valence-corrected chi connectivity index (χ4v) is 5.94. The van der Waals surface area contributed by atoms with Gasteiger partial charge in [0.05, 0.1) is 10.5 Å². The van der Waals surface area contributed by atoms with Crippen molar-refractivity contribution < 1.29 is 22.2 Å². The molecule has 188 valence electrons. The van der Waals surface area contributed by atoms with Gasteiger partial charge in [-0.2, -0.15) is 13.2 Å². The quantitative estimate of drug-likeness (QED) is 0.438. The minimum absolute atomic E-state index is 0.0829. The summed E-state index contributed by atoms with van der Waals surface area (Å²) in [5.41, 5.74) is 3.31. The van der Waals surface area contributed by atoms with E-state index in [2.05, 4.69) is 24.1 Å². The fourth-order valence-electron chi connectivity index (χ4n) is 4.68. The summed E-state index contributed by atoms with van der Waals surface area (Å²) < 4.78 is 53.5. The Bertz CT molecular complexity index is 1230. The third-order valence-electron chi connectivity index (χ3n) is 6.50. The summed E-state index contributed by atoms with van der Waals surface area (Å²) in [7, 11) is -1.68. The highest BCUT2D eigenvalue weighted by Gasteiger charge is 2.32. The maximum Gasteiger partial charge on any atom is 0.416 e. The summed E-state index contributed by atoms with van der Waals surface area (Å²) in [6.45, 7) is 5.10. The third kappa shape index (κ3) is 5.62. The van der Waals surface area contributed by atoms with Crippen molar-refractivity contribution in [2.45, 2.75) is 63.1 Å². The molecule has 0 aliphatic carbocycles. The first-order valence-electron chi connectivity index (χ1n) is 12.0. The highest BCUT2D eigenvalue weighted by atomic mass is 32.2. The van der Waals surface area contributed by atoms with Gasteiger partial charge in [0, 0.05) is 41.3 Å². The predicted octanol–water partition coefficient (Wildman–Crippen LogP) is 5.62. The Morgan fingerprint density at radius 3 is 2.54 bits per heavy atom. The number of aromatic amines is 1. The van der Waals surface area contributed by atoms with Crippen LogP contribution < -0.4 is 5.32 Å². The SMILES string of the molecule is CCCc1[nH]c2ccc(C(=O)NC3CCN(S(=O)c4cccc(C(F)(F)F)c4)CC3)cc2c1CC. The van der Waals surface area contributed by atoms with Crippen molar-refractivity contribution in [1.29, 1.82) is 0 Å². The van der Waals surface area contributed by atoms with E-state index in [1.807, 2.05) is 18.2 Å². The number of hydrogen-bond acceptors (Lipinski definition) is 2. The number of nitrogens with zero attached hydrogens (tertiary/aromatic N) is 1. The van der Waals surface area contributed by atoms with Gasteiger partial charge in [0.2, 0.25) is 0 Å². The first kappa shape index (κ1) is 25.4. The first-order valence-corrected chi connectivity index (χ1v) is 13.1. The Balaban J connectivity index is 1.39. The van der Waals surface area contributed by atoms with Crippen molar-refractivity contribution in [2.24, 2.45) is 0 Å². The molecule has 1 atom stereocenters. The van der Waals surface area contributed by atoms with Crippen LogP contribution in [0.25, 0.3) is 10.9 Å². The van der Waals surface area contributed by atoms with Gasteiger partial charge in [0.15, 0.2) is 0 Å². The second kappa shape index (κ2) is 10.5. The molecule has 1 fully saturated rings. The Hall–Kier alpha value is -2.65. The monoisotopic (exact) mass is 505 g/mol. The zero-order chi connectivity index (χ0) is 25.2. The number of carbonyl (C=O) groups excluding carboxylic acids is 1. The maximum atomic E-state index is 13.0. The molecule has 0 spiro atoms. The van der Waals surface area contributed by atoms with Crippen LogP contribution in [-0.4, -0.2) is 38.5 Å². The van der Waals surface area contributed by atoms with E-state index in [4.69, 9.17) is 0 Å². The average Bonchev–Trinajstić information content (AvgIpc) is 3.20. The van der Waals surface area contributed by atoms with Crippen molar-refractivity contribution in [2.75, 3.05) is 13.1 Å². The Morgan fingerprint density at radius 1 is 1.14 bits per heavy atom. The lowest BCUT2D eigenvalue weighted by Gasteiger charge is -2.31. The molecule has 1 unspecified atom stereocenters. The number of nitrogens with one attached hydrogen (secondary N) is 2. The summed E-state index contributed by atoms with van der Waals surface area (Å²) in [6, 6.07) is 10.3. The van der Waals surface area contributed by atoms with Crippen LogP contribution in [-0.2, 0) is 30.0 Å². The van der Waals surface area contributed by atoms with Crippen LogP contribution in [0.2, 0.25) is 0 Å². The lowest BCUT2D eigenvalue weighted by molar-refractivity contribution is -0.137. The molecule has 0 radical (unpaired) electrons. The fraction of sp³-hybridized carbons (Fsp3) is 0.423. The van der Waals surface area contributed by atoms with E-state index in [1.165, 1.54) is 23.4 Å². The second-order valence-electron chi connectivity index (χ2n) is 8.90. The number of amides is 1. The van der Waals surface area contributed by atoms with E-state index >= 15 is 0 Å². The third-order valence-corrected chi connectivity index (χ3v) is 7.99. The number of carbonyl (C=O) groups is 1. The molecule has 0 bridgehead atoms. The molecule has 2 N–H and O–H groups in total. The zero-order valence-corrected chi connectivity index (χ0v) is 20.7. The molecule has 4 rings (SSSR count). The molecule has 2 heterocycles. The molecular formula is C26H30F3N3O2S. The molecule has 1 saturated heterocycles. The minimum Gasteiger partial charge on any atom is -0.358 e. The number of alkyl halides is 3. The molecule has 1 aromatic heterocycles. The maximum absolute atomic E-state index is 13.0. The number of rotatable bonds is 7. The highest BCUT2D eigenvalue weighted by molar-refractivity contribution is 7.82. The van der Waals surface area contributed by atoms with Gasteiger partial charge >= 0.3 is 6.18 Å². The van der Waals surface area contributed by atoms with Crippen LogP contribution in [0, 0.1) is 0 Å². The summed E-state index contributed by atoms with van der Waals surface area (Å²) in [5.74, 6) is -0.148. The van der Waals surface area contributed by atoms with Crippen LogP contribution in [0.5, 0.6) is 0 Å². The van der Waals surface area contributed by atoms with E-state index in [0.29, 0.717) is 31.5 Å². The molecule has 3 aromatic rings. The van der Waals surface area contributed by atoms with Crippen molar-refractivity contribution in [3.05, 3.63) is 64.8 Å². The van der Waals surface area contributed by atoms with Gasteiger partial charge in [0.1, 0.15) is 11.0 Å². The number of fused-ring (bicyclic) bond motifs is 1. The Kier molecular flexibility index (Phi) is 7.66. The number of halogens is 3. The largest absolute Gasteiger partial charge is 0.416 e. The van der Waals surface area contributed by atoms with E-state index in [1.54, 1.807) is 4.31 Å². The molecule has 2 aromatic carbocycles. The molecule has 0 saturated carbocycles. The molecule has 9 heteroatoms. The summed E-state index contributed by atoms with van der Waals surface area (Å²) in [5, 5.41) is 4.15. The zero-order valence-electron chi connectivity index (χ0n) is 19.9. The molecular weight excluding hydrogens is 475 g/mol. The standard InChI is InChI=1S/C26H30F3N3O2S/c1-3-6-23-21(4-2)22-15-17(9-10-24(22)31-23)25(33)30-19-11-13-32(14-12-19)35(34)20-8-5-7-18(16-20)26(27,28)29/h5,7-10,15-16,19,31H,3-4,6,11-14H2,1-2H3,(H,30,33). The van der Waals surface area contributed by atoms with Crippen LogP contribution in [0.4, 0.5) is 13.2 Å². The molecule has 5 nitrogen and oxygen atoms in total.